The van der Waals surface area contributed by atoms with E-state index in [0.29, 0.717) is 40.0 Å². The number of amides is 1. The smallest absolute Gasteiger partial charge is 0.343 e. The predicted octanol–water partition coefficient (Wildman–Crippen LogP) is 4.88. The van der Waals surface area contributed by atoms with Crippen LogP contribution in [0.25, 0.3) is 0 Å². The minimum atomic E-state index is -0.771. The summed E-state index contributed by atoms with van der Waals surface area (Å²) in [6.45, 7) is 4.03. The van der Waals surface area contributed by atoms with Crippen molar-refractivity contribution in [3.05, 3.63) is 82.9 Å². The van der Waals surface area contributed by atoms with Crippen LogP contribution in [0, 0.1) is 0 Å². The van der Waals surface area contributed by atoms with E-state index in [9.17, 15) is 9.59 Å². The molecule has 0 heterocycles. The lowest BCUT2D eigenvalue weighted by Crippen LogP contribution is -2.33. The molecule has 0 aliphatic rings. The molecular formula is C26H25ClN2O6. The van der Waals surface area contributed by atoms with Crippen LogP contribution in [0.1, 0.15) is 29.8 Å². The number of carbonyl (C=O) groups is 2. The second kappa shape index (κ2) is 12.4. The molecule has 0 fully saturated rings. The molecule has 0 unspecified atom stereocenters. The lowest BCUT2D eigenvalue weighted by molar-refractivity contribution is -0.127. The Morgan fingerprint density at radius 3 is 2.34 bits per heavy atom. The second-order valence-corrected chi connectivity index (χ2v) is 7.64. The Hall–Kier alpha value is -4.04. The number of nitrogens with zero attached hydrogens (tertiary/aromatic N) is 1. The largest absolute Gasteiger partial charge is 0.494 e. The monoisotopic (exact) mass is 496 g/mol. The van der Waals surface area contributed by atoms with Crippen LogP contribution in [-0.2, 0) is 4.79 Å². The Morgan fingerprint density at radius 1 is 1.00 bits per heavy atom. The summed E-state index contributed by atoms with van der Waals surface area (Å²) in [5.41, 5.74) is 3.42. The van der Waals surface area contributed by atoms with Gasteiger partial charge in [0.2, 0.25) is 0 Å². The highest BCUT2D eigenvalue weighted by Gasteiger charge is 2.15. The minimum Gasteiger partial charge on any atom is -0.494 e. The molecule has 182 valence electrons. The van der Waals surface area contributed by atoms with Crippen LogP contribution in [0.15, 0.2) is 71.8 Å². The number of hydrazone groups is 1. The minimum absolute atomic E-state index is 0.248. The molecule has 0 spiro atoms. The Bertz CT molecular complexity index is 1180. The predicted molar refractivity (Wildman–Crippen MR) is 133 cm³/mol. The zero-order chi connectivity index (χ0) is 25.2. The molecule has 1 atom stereocenters. The van der Waals surface area contributed by atoms with Crippen LogP contribution in [0.3, 0.4) is 0 Å². The number of ether oxygens (including phenoxy) is 4. The van der Waals surface area contributed by atoms with Crippen molar-refractivity contribution in [2.75, 3.05) is 13.7 Å². The van der Waals surface area contributed by atoms with Crippen LogP contribution in [0.5, 0.6) is 23.0 Å². The fourth-order valence-corrected chi connectivity index (χ4v) is 3.02. The summed E-state index contributed by atoms with van der Waals surface area (Å²) in [6, 6.07) is 18.2. The van der Waals surface area contributed by atoms with Crippen molar-refractivity contribution >= 4 is 29.7 Å². The first-order chi connectivity index (χ1) is 16.9. The van der Waals surface area contributed by atoms with Crippen molar-refractivity contribution in [3.8, 4) is 23.0 Å². The van der Waals surface area contributed by atoms with Gasteiger partial charge in [-0.2, -0.15) is 5.10 Å². The highest BCUT2D eigenvalue weighted by molar-refractivity contribution is 6.30. The Morgan fingerprint density at radius 2 is 1.69 bits per heavy atom. The van der Waals surface area contributed by atoms with Crippen molar-refractivity contribution in [3.63, 3.8) is 0 Å². The molecule has 0 saturated carbocycles. The zero-order valence-corrected chi connectivity index (χ0v) is 20.2. The molecule has 9 heteroatoms. The molecule has 8 nitrogen and oxygen atoms in total. The number of rotatable bonds is 10. The summed E-state index contributed by atoms with van der Waals surface area (Å²) in [6.07, 6.45) is 0.667. The highest BCUT2D eigenvalue weighted by Crippen LogP contribution is 2.28. The van der Waals surface area contributed by atoms with Gasteiger partial charge in [-0.05, 0) is 86.1 Å². The van der Waals surface area contributed by atoms with E-state index in [2.05, 4.69) is 10.5 Å². The third-order valence-corrected chi connectivity index (χ3v) is 4.93. The fraction of sp³-hybridized carbons (Fsp3) is 0.192. The van der Waals surface area contributed by atoms with E-state index in [0.717, 1.165) is 0 Å². The summed E-state index contributed by atoms with van der Waals surface area (Å²) >= 11 is 5.84. The molecule has 0 bridgehead atoms. The number of methoxy groups -OCH3 is 1. The van der Waals surface area contributed by atoms with E-state index in [1.807, 2.05) is 6.92 Å². The molecule has 1 N–H and O–H groups in total. The average Bonchev–Trinajstić information content (AvgIpc) is 2.86. The molecule has 0 aliphatic carbocycles. The maximum absolute atomic E-state index is 12.5. The average molecular weight is 497 g/mol. The first-order valence-electron chi connectivity index (χ1n) is 10.8. The molecule has 35 heavy (non-hydrogen) atoms. The number of halogens is 1. The first kappa shape index (κ1) is 25.6. The van der Waals surface area contributed by atoms with Crippen molar-refractivity contribution in [2.24, 2.45) is 5.10 Å². The summed E-state index contributed by atoms with van der Waals surface area (Å²) in [4.78, 5) is 24.7. The number of carbonyl (C=O) groups excluding carboxylic acids is 2. The van der Waals surface area contributed by atoms with Gasteiger partial charge in [0.1, 0.15) is 11.5 Å². The van der Waals surface area contributed by atoms with E-state index >= 15 is 0 Å². The quantitative estimate of drug-likeness (QED) is 0.186. The van der Waals surface area contributed by atoms with Gasteiger partial charge >= 0.3 is 5.97 Å². The topological polar surface area (TPSA) is 95.5 Å². The normalized spacial score (nSPS) is 11.5. The zero-order valence-electron chi connectivity index (χ0n) is 19.5. The number of hydrogen-bond donors (Lipinski definition) is 1. The molecule has 1 amide bonds. The molecule has 3 aromatic carbocycles. The third kappa shape index (κ3) is 7.48. The maximum Gasteiger partial charge on any atom is 0.343 e. The van der Waals surface area contributed by atoms with E-state index in [4.69, 9.17) is 30.5 Å². The lowest BCUT2D eigenvalue weighted by atomic mass is 10.2. The van der Waals surface area contributed by atoms with Gasteiger partial charge in [-0.1, -0.05) is 11.6 Å². The van der Waals surface area contributed by atoms with Crippen LogP contribution in [0.2, 0.25) is 5.02 Å². The van der Waals surface area contributed by atoms with E-state index < -0.39 is 18.0 Å². The number of benzene rings is 3. The van der Waals surface area contributed by atoms with Gasteiger partial charge in [-0.3, -0.25) is 4.79 Å². The van der Waals surface area contributed by atoms with Crippen LogP contribution < -0.4 is 24.4 Å². The van der Waals surface area contributed by atoms with Crippen molar-refractivity contribution in [2.45, 2.75) is 20.0 Å². The van der Waals surface area contributed by atoms with Crippen molar-refractivity contribution < 1.29 is 28.5 Å². The Labute approximate surface area is 208 Å². The molecule has 0 aromatic heterocycles. The van der Waals surface area contributed by atoms with Crippen molar-refractivity contribution in [1.82, 2.24) is 5.43 Å². The number of hydrogen-bond acceptors (Lipinski definition) is 7. The number of nitrogens with one attached hydrogen (secondary N) is 1. The first-order valence-corrected chi connectivity index (χ1v) is 11.2. The van der Waals surface area contributed by atoms with Crippen molar-refractivity contribution in [1.29, 1.82) is 0 Å². The van der Waals surface area contributed by atoms with Gasteiger partial charge in [-0.15, -0.1) is 0 Å². The summed E-state index contributed by atoms with van der Waals surface area (Å²) < 4.78 is 21.7. The SMILES string of the molecule is CCOc1ccc(C(=O)Oc2ccc(/C=N\NC(=O)[C@H](C)Oc3ccc(Cl)cc3)cc2OC)cc1. The van der Waals surface area contributed by atoms with Crippen LogP contribution in [-0.4, -0.2) is 37.9 Å². The van der Waals surface area contributed by atoms with Crippen LogP contribution in [0.4, 0.5) is 0 Å². The van der Waals surface area contributed by atoms with Gasteiger partial charge in [0, 0.05) is 5.02 Å². The van der Waals surface area contributed by atoms with E-state index in [-0.39, 0.29) is 5.75 Å². The summed E-state index contributed by atoms with van der Waals surface area (Å²) in [5, 5.41) is 4.53. The third-order valence-electron chi connectivity index (χ3n) is 4.68. The van der Waals surface area contributed by atoms with Gasteiger partial charge in [0.15, 0.2) is 17.6 Å². The second-order valence-electron chi connectivity index (χ2n) is 7.21. The van der Waals surface area contributed by atoms with Gasteiger partial charge in [-0.25, -0.2) is 10.2 Å². The van der Waals surface area contributed by atoms with E-state index in [1.165, 1.54) is 13.3 Å². The Balaban J connectivity index is 1.58. The fourth-order valence-electron chi connectivity index (χ4n) is 2.89. The summed E-state index contributed by atoms with van der Waals surface area (Å²) in [7, 11) is 1.46. The van der Waals surface area contributed by atoms with E-state index in [1.54, 1.807) is 73.7 Å². The van der Waals surface area contributed by atoms with Gasteiger partial charge < -0.3 is 18.9 Å². The Kier molecular flexibility index (Phi) is 9.09. The molecule has 0 radical (unpaired) electrons. The molecule has 0 aliphatic heterocycles. The van der Waals surface area contributed by atoms with Crippen LogP contribution >= 0.6 is 11.6 Å². The number of esters is 1. The lowest BCUT2D eigenvalue weighted by Gasteiger charge is -2.13. The standard InChI is InChI=1S/C26H25ClN2O6/c1-4-33-21-10-6-19(7-11-21)26(31)35-23-14-5-18(15-24(23)32-3)16-28-29-25(30)17(2)34-22-12-8-20(27)9-13-22/h5-17H,4H2,1-3H3,(H,29,30)/b28-16-/t17-/m0/s1. The van der Waals surface area contributed by atoms with Gasteiger partial charge in [0.05, 0.1) is 25.5 Å². The molecule has 0 saturated heterocycles. The van der Waals surface area contributed by atoms with Gasteiger partial charge in [0.25, 0.3) is 5.91 Å². The maximum atomic E-state index is 12.5. The molecule has 3 rings (SSSR count). The molecule has 3 aromatic rings. The highest BCUT2D eigenvalue weighted by atomic mass is 35.5. The molecular weight excluding hydrogens is 472 g/mol. The summed E-state index contributed by atoms with van der Waals surface area (Å²) in [5.74, 6) is 0.805.